The zero-order valence-electron chi connectivity index (χ0n) is 16.7. The van der Waals surface area contributed by atoms with Gasteiger partial charge in [0, 0.05) is 31.2 Å². The van der Waals surface area contributed by atoms with E-state index in [9.17, 15) is 5.26 Å². The summed E-state index contributed by atoms with van der Waals surface area (Å²) in [7, 11) is 3.62. The molecule has 0 aliphatic rings. The number of nitrogens with two attached hydrogens (primary N) is 1. The molecule has 0 aliphatic heterocycles. The summed E-state index contributed by atoms with van der Waals surface area (Å²) < 4.78 is 2.18. The van der Waals surface area contributed by atoms with Gasteiger partial charge in [-0.15, -0.1) is 0 Å². The predicted molar refractivity (Wildman–Crippen MR) is 112 cm³/mol. The summed E-state index contributed by atoms with van der Waals surface area (Å²) in [4.78, 5) is 14.3. The lowest BCUT2D eigenvalue weighted by Crippen LogP contribution is -2.15. The van der Waals surface area contributed by atoms with Gasteiger partial charge in [-0.2, -0.15) is 20.2 Å². The Kier molecular flexibility index (Phi) is 5.14. The summed E-state index contributed by atoms with van der Waals surface area (Å²) in [6.07, 6.45) is 1.80. The van der Waals surface area contributed by atoms with E-state index in [1.165, 1.54) is 5.56 Å². The second-order valence-electron chi connectivity index (χ2n) is 6.83. The molecule has 0 radical (unpaired) electrons. The Morgan fingerprint density at radius 2 is 1.86 bits per heavy atom. The fourth-order valence-electron chi connectivity index (χ4n) is 3.12. The van der Waals surface area contributed by atoms with Gasteiger partial charge in [-0.3, -0.25) is 0 Å². The number of anilines is 2. The van der Waals surface area contributed by atoms with Crippen molar-refractivity contribution in [2.45, 2.75) is 20.8 Å². The molecule has 0 amide bonds. The van der Waals surface area contributed by atoms with Gasteiger partial charge in [-0.05, 0) is 50.1 Å². The number of nitrogen functional groups attached to an aromatic ring is 1. The molecule has 0 spiro atoms. The van der Waals surface area contributed by atoms with Crippen LogP contribution in [0, 0.1) is 32.1 Å². The van der Waals surface area contributed by atoms with Gasteiger partial charge in [0.05, 0.1) is 5.57 Å². The maximum atomic E-state index is 9.71. The first-order chi connectivity index (χ1) is 13.3. The van der Waals surface area contributed by atoms with Gasteiger partial charge in [0.2, 0.25) is 11.9 Å². The highest BCUT2D eigenvalue weighted by Crippen LogP contribution is 2.26. The summed E-state index contributed by atoms with van der Waals surface area (Å²) >= 11 is 0. The van der Waals surface area contributed by atoms with Crippen molar-refractivity contribution in [3.05, 3.63) is 58.7 Å². The minimum Gasteiger partial charge on any atom is -0.368 e. The third kappa shape index (κ3) is 3.58. The molecule has 0 saturated heterocycles. The average molecular weight is 373 g/mol. The molecule has 3 aromatic rings. The Morgan fingerprint density at radius 1 is 1.14 bits per heavy atom. The van der Waals surface area contributed by atoms with E-state index in [1.54, 1.807) is 11.0 Å². The van der Waals surface area contributed by atoms with E-state index >= 15 is 0 Å². The average Bonchev–Trinajstić information content (AvgIpc) is 2.93. The second kappa shape index (κ2) is 7.53. The van der Waals surface area contributed by atoms with Gasteiger partial charge in [-0.25, -0.2) is 0 Å². The summed E-state index contributed by atoms with van der Waals surface area (Å²) in [5, 5.41) is 9.71. The Balaban J connectivity index is 2.12. The molecule has 7 heteroatoms. The van der Waals surface area contributed by atoms with Crippen LogP contribution >= 0.6 is 0 Å². The highest BCUT2D eigenvalue weighted by atomic mass is 15.3. The molecule has 2 heterocycles. The van der Waals surface area contributed by atoms with Crippen LogP contribution in [-0.4, -0.2) is 33.6 Å². The van der Waals surface area contributed by atoms with Crippen LogP contribution in [0.2, 0.25) is 0 Å². The zero-order chi connectivity index (χ0) is 20.4. The van der Waals surface area contributed by atoms with Gasteiger partial charge in [-0.1, -0.05) is 18.2 Å². The molecule has 7 nitrogen and oxygen atoms in total. The number of nitriles is 1. The van der Waals surface area contributed by atoms with Crippen molar-refractivity contribution in [3.8, 4) is 11.8 Å². The maximum absolute atomic E-state index is 9.71. The number of hydrogen-bond donors (Lipinski definition) is 1. The van der Waals surface area contributed by atoms with Crippen molar-refractivity contribution in [1.29, 1.82) is 5.26 Å². The second-order valence-corrected chi connectivity index (χ2v) is 6.83. The number of hydrogen-bond acceptors (Lipinski definition) is 6. The highest BCUT2D eigenvalue weighted by molar-refractivity contribution is 5.88. The molecule has 0 fully saturated rings. The zero-order valence-corrected chi connectivity index (χ0v) is 16.7. The Hall–Kier alpha value is -3.66. The van der Waals surface area contributed by atoms with E-state index < -0.39 is 0 Å². The first-order valence-corrected chi connectivity index (χ1v) is 8.87. The molecular formula is C21H23N7. The van der Waals surface area contributed by atoms with E-state index in [0.717, 1.165) is 22.6 Å². The molecule has 28 heavy (non-hydrogen) atoms. The van der Waals surface area contributed by atoms with Crippen LogP contribution in [-0.2, 0) is 0 Å². The quantitative estimate of drug-likeness (QED) is 0.705. The Bertz CT molecular complexity index is 1100. The van der Waals surface area contributed by atoms with Crippen LogP contribution in [0.4, 0.5) is 11.9 Å². The first kappa shape index (κ1) is 19.1. The number of benzene rings is 1. The SMILES string of the molecule is Cc1ccccc1-n1c(C)cc(/C=C(\C#N)c2nc(N)nc(N(C)C)n2)c1C. The van der Waals surface area contributed by atoms with E-state index in [4.69, 9.17) is 5.73 Å². The smallest absolute Gasteiger partial charge is 0.230 e. The maximum Gasteiger partial charge on any atom is 0.230 e. The van der Waals surface area contributed by atoms with Crippen molar-refractivity contribution >= 4 is 23.5 Å². The molecule has 0 unspecified atom stereocenters. The van der Waals surface area contributed by atoms with E-state index in [-0.39, 0.29) is 11.8 Å². The molecule has 0 aliphatic carbocycles. The molecule has 2 N–H and O–H groups in total. The lowest BCUT2D eigenvalue weighted by Gasteiger charge is -2.12. The van der Waals surface area contributed by atoms with Crippen LogP contribution < -0.4 is 10.6 Å². The van der Waals surface area contributed by atoms with Crippen molar-refractivity contribution in [2.24, 2.45) is 0 Å². The van der Waals surface area contributed by atoms with Crippen LogP contribution in [0.15, 0.2) is 30.3 Å². The molecule has 2 aromatic heterocycles. The van der Waals surface area contributed by atoms with Gasteiger partial charge in [0.25, 0.3) is 0 Å². The molecule has 0 saturated carbocycles. The van der Waals surface area contributed by atoms with Gasteiger partial charge in [0.1, 0.15) is 6.07 Å². The summed E-state index contributed by atoms with van der Waals surface area (Å²) in [5.74, 6) is 0.758. The van der Waals surface area contributed by atoms with Crippen LogP contribution in [0.25, 0.3) is 17.3 Å². The predicted octanol–water partition coefficient (Wildman–Crippen LogP) is 3.30. The number of aromatic nitrogens is 4. The highest BCUT2D eigenvalue weighted by Gasteiger charge is 2.15. The standard InChI is InChI=1S/C21H23N7/c1-13-8-6-7-9-18(13)28-14(2)10-16(15(28)3)11-17(12-22)19-24-20(23)26-21(25-19)27(4)5/h6-11H,1-5H3,(H2,23,24,25,26)/b17-11+. The Morgan fingerprint density at radius 3 is 2.50 bits per heavy atom. The topological polar surface area (TPSA) is 96.6 Å². The number of rotatable bonds is 4. The van der Waals surface area contributed by atoms with Crippen molar-refractivity contribution in [1.82, 2.24) is 19.5 Å². The molecule has 1 aromatic carbocycles. The molecular weight excluding hydrogens is 350 g/mol. The normalized spacial score (nSPS) is 11.4. The minimum absolute atomic E-state index is 0.0835. The monoisotopic (exact) mass is 373 g/mol. The fraction of sp³-hybridized carbons (Fsp3) is 0.238. The van der Waals surface area contributed by atoms with Crippen molar-refractivity contribution in [3.63, 3.8) is 0 Å². The molecule has 0 bridgehead atoms. The summed E-state index contributed by atoms with van der Waals surface area (Å²) in [5.41, 5.74) is 11.5. The molecule has 0 atom stereocenters. The summed E-state index contributed by atoms with van der Waals surface area (Å²) in [6.45, 7) is 6.17. The third-order valence-corrected chi connectivity index (χ3v) is 4.53. The Labute approximate surface area is 164 Å². The van der Waals surface area contributed by atoms with E-state index in [0.29, 0.717) is 11.5 Å². The lowest BCUT2D eigenvalue weighted by molar-refractivity contribution is 0.951. The number of nitrogens with zero attached hydrogens (tertiary/aromatic N) is 6. The van der Waals surface area contributed by atoms with Crippen LogP contribution in [0.1, 0.15) is 28.3 Å². The molecule has 142 valence electrons. The van der Waals surface area contributed by atoms with Gasteiger partial charge in [0.15, 0.2) is 5.82 Å². The fourth-order valence-corrected chi connectivity index (χ4v) is 3.12. The van der Waals surface area contributed by atoms with Crippen molar-refractivity contribution in [2.75, 3.05) is 24.7 Å². The van der Waals surface area contributed by atoms with E-state index in [1.807, 2.05) is 40.1 Å². The van der Waals surface area contributed by atoms with Crippen LogP contribution in [0.3, 0.4) is 0 Å². The number of allylic oxidation sites excluding steroid dienone is 1. The number of para-hydroxylation sites is 1. The summed E-state index contributed by atoms with van der Waals surface area (Å²) in [6, 6.07) is 12.5. The molecule has 3 rings (SSSR count). The third-order valence-electron chi connectivity index (χ3n) is 4.53. The largest absolute Gasteiger partial charge is 0.368 e. The van der Waals surface area contributed by atoms with E-state index in [2.05, 4.69) is 50.7 Å². The van der Waals surface area contributed by atoms with Crippen LogP contribution in [0.5, 0.6) is 0 Å². The van der Waals surface area contributed by atoms with Gasteiger partial charge >= 0.3 is 0 Å². The van der Waals surface area contributed by atoms with Crippen molar-refractivity contribution < 1.29 is 0 Å². The van der Waals surface area contributed by atoms with Gasteiger partial charge < -0.3 is 15.2 Å². The first-order valence-electron chi connectivity index (χ1n) is 8.87. The minimum atomic E-state index is 0.0835. The number of aryl methyl sites for hydroxylation is 2. The lowest BCUT2D eigenvalue weighted by atomic mass is 10.1.